The van der Waals surface area contributed by atoms with Crippen LogP contribution in [-0.4, -0.2) is 29.9 Å². The quantitative estimate of drug-likeness (QED) is 0.773. The van der Waals surface area contributed by atoms with Gasteiger partial charge in [0, 0.05) is 6.20 Å². The highest BCUT2D eigenvalue weighted by molar-refractivity contribution is 5.89. The summed E-state index contributed by atoms with van der Waals surface area (Å²) in [5.74, 6) is -0.00463. The zero-order valence-corrected chi connectivity index (χ0v) is 13.9. The van der Waals surface area contributed by atoms with Crippen molar-refractivity contribution in [2.75, 3.05) is 14.2 Å². The van der Waals surface area contributed by atoms with Crippen LogP contribution in [0.2, 0.25) is 0 Å². The molecule has 0 aliphatic heterocycles. The van der Waals surface area contributed by atoms with E-state index in [1.807, 2.05) is 0 Å². The molecule has 25 heavy (non-hydrogen) atoms. The highest BCUT2D eigenvalue weighted by Gasteiger charge is 2.13. The molecular formula is C19H17NO5. The number of aromatic nitrogens is 1. The van der Waals surface area contributed by atoms with Crippen LogP contribution >= 0.6 is 0 Å². The highest BCUT2D eigenvalue weighted by atomic mass is 16.5. The van der Waals surface area contributed by atoms with Crippen LogP contribution in [0, 0.1) is 0 Å². The highest BCUT2D eigenvalue weighted by Crippen LogP contribution is 2.30. The van der Waals surface area contributed by atoms with E-state index in [0.717, 1.165) is 5.39 Å². The number of carboxylic acid groups (broad SMARTS) is 1. The van der Waals surface area contributed by atoms with Crippen LogP contribution in [0.15, 0.2) is 53.5 Å². The molecule has 1 N–H and O–H groups in total. The minimum Gasteiger partial charge on any atom is -0.493 e. The van der Waals surface area contributed by atoms with Crippen molar-refractivity contribution in [3.8, 4) is 11.5 Å². The van der Waals surface area contributed by atoms with E-state index < -0.39 is 5.97 Å². The number of methoxy groups -OCH3 is 2. The van der Waals surface area contributed by atoms with Crippen molar-refractivity contribution >= 4 is 16.7 Å². The maximum Gasteiger partial charge on any atom is 0.336 e. The molecule has 3 aromatic rings. The molecule has 0 fully saturated rings. The Bertz CT molecular complexity index is 1010. The van der Waals surface area contributed by atoms with Gasteiger partial charge in [0.05, 0.1) is 31.7 Å². The van der Waals surface area contributed by atoms with Crippen LogP contribution in [0.4, 0.5) is 0 Å². The fourth-order valence-corrected chi connectivity index (χ4v) is 2.79. The van der Waals surface area contributed by atoms with Crippen LogP contribution in [0.25, 0.3) is 10.8 Å². The van der Waals surface area contributed by atoms with Gasteiger partial charge in [-0.3, -0.25) is 4.79 Å². The molecule has 0 unspecified atom stereocenters. The van der Waals surface area contributed by atoms with Gasteiger partial charge in [-0.1, -0.05) is 18.2 Å². The molecule has 128 valence electrons. The molecule has 0 aliphatic rings. The van der Waals surface area contributed by atoms with E-state index >= 15 is 0 Å². The first-order valence-corrected chi connectivity index (χ1v) is 7.61. The minimum absolute atomic E-state index is 0.172. The summed E-state index contributed by atoms with van der Waals surface area (Å²) in [6.45, 7) is 0.172. The number of fused-ring (bicyclic) bond motifs is 1. The Balaban J connectivity index is 2.11. The maximum absolute atomic E-state index is 12.8. The average Bonchev–Trinajstić information content (AvgIpc) is 2.63. The van der Waals surface area contributed by atoms with Gasteiger partial charge in [-0.15, -0.1) is 0 Å². The van der Waals surface area contributed by atoms with Crippen LogP contribution in [0.5, 0.6) is 11.5 Å². The predicted octanol–water partition coefficient (Wildman–Crippen LogP) is 2.77. The van der Waals surface area contributed by atoms with Gasteiger partial charge in [-0.2, -0.15) is 0 Å². The molecule has 1 aromatic heterocycles. The van der Waals surface area contributed by atoms with Crippen LogP contribution < -0.4 is 15.0 Å². The second kappa shape index (κ2) is 6.68. The first-order chi connectivity index (χ1) is 12.0. The third kappa shape index (κ3) is 3.06. The Hall–Kier alpha value is -3.28. The molecule has 0 saturated heterocycles. The monoisotopic (exact) mass is 339 g/mol. The fraction of sp³-hybridized carbons (Fsp3) is 0.158. The second-order valence-corrected chi connectivity index (χ2v) is 5.51. The summed E-state index contributed by atoms with van der Waals surface area (Å²) < 4.78 is 12.0. The van der Waals surface area contributed by atoms with Gasteiger partial charge in [-0.05, 0) is 35.2 Å². The number of pyridine rings is 1. The number of carboxylic acids is 1. The van der Waals surface area contributed by atoms with E-state index in [4.69, 9.17) is 9.47 Å². The van der Waals surface area contributed by atoms with Gasteiger partial charge in [0.2, 0.25) is 0 Å². The van der Waals surface area contributed by atoms with Crippen LogP contribution in [-0.2, 0) is 6.54 Å². The first-order valence-electron chi connectivity index (χ1n) is 7.61. The Morgan fingerprint density at radius 2 is 1.76 bits per heavy atom. The molecule has 0 saturated carbocycles. The molecule has 0 atom stereocenters. The SMILES string of the molecule is COc1cc2ccn(Cc3ccccc3C(=O)O)c(=O)c2cc1OC. The smallest absolute Gasteiger partial charge is 0.336 e. The summed E-state index contributed by atoms with van der Waals surface area (Å²) >= 11 is 0. The van der Waals surface area contributed by atoms with Crippen molar-refractivity contribution in [3.05, 3.63) is 70.1 Å². The number of ether oxygens (including phenoxy) is 2. The summed E-state index contributed by atoms with van der Waals surface area (Å²) in [6, 6.07) is 11.8. The third-order valence-corrected chi connectivity index (χ3v) is 4.07. The number of rotatable bonds is 5. The number of nitrogens with zero attached hydrogens (tertiary/aromatic N) is 1. The van der Waals surface area contributed by atoms with E-state index in [0.29, 0.717) is 22.4 Å². The minimum atomic E-state index is -1.02. The van der Waals surface area contributed by atoms with Crippen molar-refractivity contribution < 1.29 is 19.4 Å². The number of hydrogen-bond acceptors (Lipinski definition) is 4. The summed E-state index contributed by atoms with van der Waals surface area (Å²) in [6.07, 6.45) is 1.65. The molecule has 0 amide bonds. The molecule has 0 bridgehead atoms. The zero-order valence-electron chi connectivity index (χ0n) is 13.9. The first kappa shape index (κ1) is 16.6. The lowest BCUT2D eigenvalue weighted by atomic mass is 10.1. The van der Waals surface area contributed by atoms with Crippen molar-refractivity contribution in [2.45, 2.75) is 6.54 Å². The topological polar surface area (TPSA) is 77.8 Å². The Morgan fingerprint density at radius 1 is 1.08 bits per heavy atom. The molecule has 0 aliphatic carbocycles. The number of aromatic carboxylic acids is 1. The summed E-state index contributed by atoms with van der Waals surface area (Å²) in [5.41, 5.74) is 0.525. The van der Waals surface area contributed by atoms with E-state index in [2.05, 4.69) is 0 Å². The van der Waals surface area contributed by atoms with Crippen molar-refractivity contribution in [1.82, 2.24) is 4.57 Å². The van der Waals surface area contributed by atoms with Crippen molar-refractivity contribution in [1.29, 1.82) is 0 Å². The lowest BCUT2D eigenvalue weighted by Crippen LogP contribution is -2.21. The standard InChI is InChI=1S/C19H17NO5/c1-24-16-9-12-7-8-20(18(21)15(12)10-17(16)25-2)11-13-5-3-4-6-14(13)19(22)23/h3-10H,11H2,1-2H3,(H,22,23). The van der Waals surface area contributed by atoms with E-state index in [-0.39, 0.29) is 17.7 Å². The van der Waals surface area contributed by atoms with Gasteiger partial charge >= 0.3 is 5.97 Å². The normalized spacial score (nSPS) is 10.6. The van der Waals surface area contributed by atoms with Gasteiger partial charge in [0.15, 0.2) is 11.5 Å². The molecule has 2 aromatic carbocycles. The molecular weight excluding hydrogens is 322 g/mol. The van der Waals surface area contributed by atoms with Gasteiger partial charge in [0.25, 0.3) is 5.56 Å². The summed E-state index contributed by atoms with van der Waals surface area (Å²) in [4.78, 5) is 24.1. The number of benzene rings is 2. The van der Waals surface area contributed by atoms with E-state index in [9.17, 15) is 14.7 Å². The molecule has 1 heterocycles. The van der Waals surface area contributed by atoms with Gasteiger partial charge < -0.3 is 19.1 Å². The van der Waals surface area contributed by atoms with E-state index in [1.165, 1.54) is 24.9 Å². The maximum atomic E-state index is 12.8. The zero-order chi connectivity index (χ0) is 18.0. The van der Waals surface area contributed by atoms with Gasteiger partial charge in [0.1, 0.15) is 0 Å². The van der Waals surface area contributed by atoms with Crippen molar-refractivity contribution in [3.63, 3.8) is 0 Å². The number of carbonyl (C=O) groups is 1. The predicted molar refractivity (Wildman–Crippen MR) is 93.8 cm³/mol. The lowest BCUT2D eigenvalue weighted by Gasteiger charge is -2.12. The fourth-order valence-electron chi connectivity index (χ4n) is 2.79. The average molecular weight is 339 g/mol. The van der Waals surface area contributed by atoms with Crippen LogP contribution in [0.1, 0.15) is 15.9 Å². The van der Waals surface area contributed by atoms with Crippen LogP contribution in [0.3, 0.4) is 0 Å². The Kier molecular flexibility index (Phi) is 4.43. The molecule has 0 spiro atoms. The number of hydrogen-bond donors (Lipinski definition) is 1. The summed E-state index contributed by atoms with van der Waals surface area (Å²) in [5, 5.41) is 10.5. The summed E-state index contributed by atoms with van der Waals surface area (Å²) in [7, 11) is 3.04. The molecule has 0 radical (unpaired) electrons. The lowest BCUT2D eigenvalue weighted by molar-refractivity contribution is 0.0695. The van der Waals surface area contributed by atoms with E-state index in [1.54, 1.807) is 42.6 Å². The Morgan fingerprint density at radius 3 is 2.44 bits per heavy atom. The molecule has 6 heteroatoms. The van der Waals surface area contributed by atoms with Gasteiger partial charge in [-0.25, -0.2) is 4.79 Å². The second-order valence-electron chi connectivity index (χ2n) is 5.51. The molecule has 3 rings (SSSR count). The third-order valence-electron chi connectivity index (χ3n) is 4.07. The Labute approximate surface area is 143 Å². The van der Waals surface area contributed by atoms with Crippen molar-refractivity contribution in [2.24, 2.45) is 0 Å². The largest absolute Gasteiger partial charge is 0.493 e. The molecule has 6 nitrogen and oxygen atoms in total.